The zero-order valence-electron chi connectivity index (χ0n) is 11.5. The van der Waals surface area contributed by atoms with Crippen molar-refractivity contribution in [3.8, 4) is 5.75 Å². The average Bonchev–Trinajstić information content (AvgIpc) is 2.48. The molecule has 0 fully saturated rings. The van der Waals surface area contributed by atoms with Crippen LogP contribution in [-0.4, -0.2) is 6.54 Å². The Morgan fingerprint density at radius 1 is 1.15 bits per heavy atom. The summed E-state index contributed by atoms with van der Waals surface area (Å²) in [5.74, 6) is 0.977. The van der Waals surface area contributed by atoms with E-state index in [1.54, 1.807) is 0 Å². The summed E-state index contributed by atoms with van der Waals surface area (Å²) in [5.41, 5.74) is 2.42. The van der Waals surface area contributed by atoms with Crippen LogP contribution in [0.4, 0.5) is 0 Å². The summed E-state index contributed by atoms with van der Waals surface area (Å²) >= 11 is 5.96. The van der Waals surface area contributed by atoms with Gasteiger partial charge >= 0.3 is 0 Å². The molecule has 0 saturated heterocycles. The number of ether oxygens (including phenoxy) is 1. The smallest absolute Gasteiger partial charge is 0.126 e. The Balaban J connectivity index is 1.91. The largest absolute Gasteiger partial charge is 0.485 e. The number of hydrogen-bond donors (Lipinski definition) is 1. The third-order valence-electron chi connectivity index (χ3n) is 3.71. The van der Waals surface area contributed by atoms with Crippen LogP contribution in [0.3, 0.4) is 0 Å². The van der Waals surface area contributed by atoms with Crippen molar-refractivity contribution in [1.29, 1.82) is 0 Å². The molecule has 1 aliphatic heterocycles. The number of benzene rings is 2. The van der Waals surface area contributed by atoms with E-state index in [1.807, 2.05) is 36.4 Å². The van der Waals surface area contributed by atoms with E-state index in [1.165, 1.54) is 11.1 Å². The van der Waals surface area contributed by atoms with Crippen molar-refractivity contribution in [2.75, 3.05) is 6.54 Å². The molecule has 0 spiro atoms. The van der Waals surface area contributed by atoms with Crippen LogP contribution in [-0.2, 0) is 0 Å². The number of para-hydroxylation sites is 1. The van der Waals surface area contributed by atoms with Gasteiger partial charge in [-0.3, -0.25) is 0 Å². The average molecular weight is 288 g/mol. The van der Waals surface area contributed by atoms with Gasteiger partial charge in [-0.25, -0.2) is 0 Å². The second-order valence-electron chi connectivity index (χ2n) is 5.04. The Bertz CT molecular complexity index is 582. The van der Waals surface area contributed by atoms with Crippen molar-refractivity contribution in [2.24, 2.45) is 0 Å². The van der Waals surface area contributed by atoms with Gasteiger partial charge in [-0.15, -0.1) is 0 Å². The highest BCUT2D eigenvalue weighted by atomic mass is 35.5. The van der Waals surface area contributed by atoms with E-state index < -0.39 is 0 Å². The third-order valence-corrected chi connectivity index (χ3v) is 3.96. The first kappa shape index (κ1) is 13.5. The van der Waals surface area contributed by atoms with E-state index in [0.717, 1.165) is 23.7 Å². The summed E-state index contributed by atoms with van der Waals surface area (Å²) in [4.78, 5) is 0. The molecule has 2 unspecified atom stereocenters. The van der Waals surface area contributed by atoms with Crippen molar-refractivity contribution in [3.05, 3.63) is 64.7 Å². The zero-order valence-corrected chi connectivity index (χ0v) is 12.2. The van der Waals surface area contributed by atoms with Gasteiger partial charge in [0.05, 0.1) is 0 Å². The van der Waals surface area contributed by atoms with Gasteiger partial charge in [-0.2, -0.15) is 0 Å². The van der Waals surface area contributed by atoms with Crippen molar-refractivity contribution in [1.82, 2.24) is 5.32 Å². The molecule has 1 aliphatic rings. The number of nitrogens with one attached hydrogen (secondary N) is 1. The van der Waals surface area contributed by atoms with Gasteiger partial charge in [-0.1, -0.05) is 48.9 Å². The van der Waals surface area contributed by atoms with Crippen LogP contribution < -0.4 is 10.1 Å². The summed E-state index contributed by atoms with van der Waals surface area (Å²) in [6.07, 6.45) is 1.01. The van der Waals surface area contributed by atoms with Gasteiger partial charge in [0, 0.05) is 23.0 Å². The Labute approximate surface area is 124 Å². The fourth-order valence-corrected chi connectivity index (χ4v) is 2.87. The van der Waals surface area contributed by atoms with Crippen LogP contribution in [0.2, 0.25) is 5.02 Å². The zero-order chi connectivity index (χ0) is 13.9. The first-order chi connectivity index (χ1) is 9.78. The summed E-state index contributed by atoms with van der Waals surface area (Å²) in [5, 5.41) is 4.30. The fourth-order valence-electron chi connectivity index (χ4n) is 2.74. The molecule has 2 atom stereocenters. The maximum absolute atomic E-state index is 6.15. The molecule has 1 heterocycles. The Kier molecular flexibility index (Phi) is 3.95. The molecule has 0 radical (unpaired) electrons. The minimum absolute atomic E-state index is 0.0752. The second-order valence-corrected chi connectivity index (χ2v) is 5.48. The van der Waals surface area contributed by atoms with Gasteiger partial charge in [0.25, 0.3) is 0 Å². The number of fused-ring (bicyclic) bond motifs is 1. The molecule has 2 aromatic carbocycles. The van der Waals surface area contributed by atoms with Crippen molar-refractivity contribution in [2.45, 2.75) is 25.5 Å². The SMILES string of the molecule is CCNC1CC(c2ccc(Cl)cc2)Oc2ccccc21. The van der Waals surface area contributed by atoms with Crippen LogP contribution in [0.25, 0.3) is 0 Å². The summed E-state index contributed by atoms with van der Waals surface area (Å²) < 4.78 is 6.15. The Hall–Kier alpha value is -1.51. The molecular formula is C17H18ClNO. The van der Waals surface area contributed by atoms with Crippen LogP contribution in [0.1, 0.15) is 36.6 Å². The second kappa shape index (κ2) is 5.86. The van der Waals surface area contributed by atoms with E-state index in [9.17, 15) is 0 Å². The number of hydrogen-bond acceptors (Lipinski definition) is 2. The highest BCUT2D eigenvalue weighted by Crippen LogP contribution is 2.40. The van der Waals surface area contributed by atoms with Crippen molar-refractivity contribution >= 4 is 11.6 Å². The standard InChI is InChI=1S/C17H18ClNO/c1-2-19-15-11-17(12-7-9-13(18)10-8-12)20-16-6-4-3-5-14(15)16/h3-10,15,17,19H,2,11H2,1H3. The molecule has 20 heavy (non-hydrogen) atoms. The lowest BCUT2D eigenvalue weighted by atomic mass is 9.93. The number of rotatable bonds is 3. The molecule has 104 valence electrons. The van der Waals surface area contributed by atoms with Crippen molar-refractivity contribution in [3.63, 3.8) is 0 Å². The molecule has 3 heteroatoms. The molecule has 2 aromatic rings. The quantitative estimate of drug-likeness (QED) is 0.896. The van der Waals surface area contributed by atoms with Crippen LogP contribution in [0, 0.1) is 0 Å². The minimum atomic E-state index is 0.0752. The lowest BCUT2D eigenvalue weighted by Gasteiger charge is -2.33. The predicted octanol–water partition coefficient (Wildman–Crippen LogP) is 4.51. The minimum Gasteiger partial charge on any atom is -0.485 e. The lowest BCUT2D eigenvalue weighted by Crippen LogP contribution is -2.28. The number of halogens is 1. The van der Waals surface area contributed by atoms with Gasteiger partial charge < -0.3 is 10.1 Å². The highest BCUT2D eigenvalue weighted by molar-refractivity contribution is 6.30. The first-order valence-corrected chi connectivity index (χ1v) is 7.40. The molecule has 0 amide bonds. The summed E-state index contributed by atoms with van der Waals surface area (Å²) in [6, 6.07) is 16.5. The molecule has 0 bridgehead atoms. The summed E-state index contributed by atoms with van der Waals surface area (Å²) in [7, 11) is 0. The van der Waals surface area contributed by atoms with E-state index in [2.05, 4.69) is 24.4 Å². The van der Waals surface area contributed by atoms with Crippen LogP contribution >= 0.6 is 11.6 Å². The van der Waals surface area contributed by atoms with Gasteiger partial charge in [0.2, 0.25) is 0 Å². The van der Waals surface area contributed by atoms with E-state index >= 15 is 0 Å². The summed E-state index contributed by atoms with van der Waals surface area (Å²) in [6.45, 7) is 3.09. The van der Waals surface area contributed by atoms with E-state index in [0.29, 0.717) is 6.04 Å². The predicted molar refractivity (Wildman–Crippen MR) is 82.3 cm³/mol. The first-order valence-electron chi connectivity index (χ1n) is 7.02. The molecule has 3 rings (SSSR count). The van der Waals surface area contributed by atoms with E-state index in [-0.39, 0.29) is 6.10 Å². The molecular weight excluding hydrogens is 270 g/mol. The molecule has 1 N–H and O–H groups in total. The monoisotopic (exact) mass is 287 g/mol. The van der Waals surface area contributed by atoms with Gasteiger partial charge in [-0.05, 0) is 30.3 Å². The normalized spacial score (nSPS) is 21.1. The van der Waals surface area contributed by atoms with Crippen molar-refractivity contribution < 1.29 is 4.74 Å². The highest BCUT2D eigenvalue weighted by Gasteiger charge is 2.28. The molecule has 0 aliphatic carbocycles. The maximum atomic E-state index is 6.15. The topological polar surface area (TPSA) is 21.3 Å². The van der Waals surface area contributed by atoms with E-state index in [4.69, 9.17) is 16.3 Å². The molecule has 0 aromatic heterocycles. The maximum Gasteiger partial charge on any atom is 0.126 e. The van der Waals surface area contributed by atoms with Crippen LogP contribution in [0.15, 0.2) is 48.5 Å². The molecule has 2 nitrogen and oxygen atoms in total. The molecule has 0 saturated carbocycles. The third kappa shape index (κ3) is 2.67. The Morgan fingerprint density at radius 3 is 2.65 bits per heavy atom. The van der Waals surface area contributed by atoms with Gasteiger partial charge in [0.15, 0.2) is 0 Å². The lowest BCUT2D eigenvalue weighted by molar-refractivity contribution is 0.152. The fraction of sp³-hybridized carbons (Fsp3) is 0.294. The van der Waals surface area contributed by atoms with Crippen LogP contribution in [0.5, 0.6) is 5.75 Å². The Morgan fingerprint density at radius 2 is 1.90 bits per heavy atom. The van der Waals surface area contributed by atoms with Gasteiger partial charge in [0.1, 0.15) is 11.9 Å².